The number of aryl methyl sites for hydroxylation is 1. The molecule has 6 rings (SSSR count). The van der Waals surface area contributed by atoms with Crippen molar-refractivity contribution in [2.45, 2.75) is 5.41 Å². The zero-order chi connectivity index (χ0) is 22.4. The second-order valence-corrected chi connectivity index (χ2v) is 8.59. The van der Waals surface area contributed by atoms with E-state index < -0.39 is 5.41 Å². The molecule has 0 bridgehead atoms. The molecule has 0 radical (unpaired) electrons. The van der Waals surface area contributed by atoms with Crippen molar-refractivity contribution in [1.82, 2.24) is 4.57 Å². The zero-order valence-electron chi connectivity index (χ0n) is 18.4. The van der Waals surface area contributed by atoms with E-state index in [1.54, 1.807) is 0 Å². The number of fused-ring (bicyclic) bond motifs is 3. The Labute approximate surface area is 193 Å². The van der Waals surface area contributed by atoms with Crippen molar-refractivity contribution in [2.24, 2.45) is 7.05 Å². The monoisotopic (exact) mass is 422 g/mol. The van der Waals surface area contributed by atoms with Gasteiger partial charge in [0.25, 0.3) is 0 Å². The van der Waals surface area contributed by atoms with E-state index in [2.05, 4.69) is 121 Å². The number of nitriles is 1. The Morgan fingerprint density at radius 1 is 0.727 bits per heavy atom. The third-order valence-corrected chi connectivity index (χ3v) is 6.88. The van der Waals surface area contributed by atoms with Crippen LogP contribution in [0.25, 0.3) is 16.5 Å². The van der Waals surface area contributed by atoms with Crippen LogP contribution in [0.4, 0.5) is 0 Å². The molecule has 0 N–H and O–H groups in total. The minimum Gasteiger partial charge on any atom is -0.346 e. The van der Waals surface area contributed by atoms with Gasteiger partial charge in [0.1, 0.15) is 0 Å². The third kappa shape index (κ3) is 2.73. The molecule has 33 heavy (non-hydrogen) atoms. The van der Waals surface area contributed by atoms with E-state index >= 15 is 0 Å². The van der Waals surface area contributed by atoms with Gasteiger partial charge in [-0.3, -0.25) is 0 Å². The van der Waals surface area contributed by atoms with Crippen LogP contribution in [0.2, 0.25) is 0 Å². The molecular weight excluding hydrogens is 400 g/mol. The lowest BCUT2D eigenvalue weighted by Crippen LogP contribution is -2.28. The Morgan fingerprint density at radius 2 is 1.30 bits per heavy atom. The van der Waals surface area contributed by atoms with Gasteiger partial charge in [0.15, 0.2) is 0 Å². The predicted molar refractivity (Wildman–Crippen MR) is 134 cm³/mol. The normalized spacial score (nSPS) is 14.0. The maximum Gasteiger partial charge on any atom is 0.0991 e. The largest absolute Gasteiger partial charge is 0.346 e. The maximum atomic E-state index is 9.62. The van der Waals surface area contributed by atoms with Crippen molar-refractivity contribution in [3.8, 4) is 6.07 Å². The molecule has 156 valence electrons. The first kappa shape index (κ1) is 19.3. The average Bonchev–Trinajstić information content (AvgIpc) is 3.40. The maximum absolute atomic E-state index is 9.62. The molecule has 0 aliphatic heterocycles. The molecule has 2 nitrogen and oxygen atoms in total. The smallest absolute Gasteiger partial charge is 0.0991 e. The van der Waals surface area contributed by atoms with E-state index in [9.17, 15) is 5.26 Å². The highest BCUT2D eigenvalue weighted by Crippen LogP contribution is 2.54. The first-order valence-electron chi connectivity index (χ1n) is 11.2. The highest BCUT2D eigenvalue weighted by Gasteiger charge is 2.45. The molecular formula is C31H22N2. The lowest BCUT2D eigenvalue weighted by molar-refractivity contribution is 0.708. The minimum absolute atomic E-state index is 0.441. The van der Waals surface area contributed by atoms with E-state index in [4.69, 9.17) is 0 Å². The fourth-order valence-corrected chi connectivity index (χ4v) is 5.46. The number of hydrogen-bond donors (Lipinski definition) is 0. The van der Waals surface area contributed by atoms with Gasteiger partial charge < -0.3 is 4.57 Å². The molecule has 1 heterocycles. The van der Waals surface area contributed by atoms with Crippen molar-refractivity contribution < 1.29 is 0 Å². The van der Waals surface area contributed by atoms with Gasteiger partial charge in [0.05, 0.1) is 17.0 Å². The van der Waals surface area contributed by atoms with Gasteiger partial charge in [-0.1, -0.05) is 97.1 Å². The van der Waals surface area contributed by atoms with Gasteiger partial charge in [0, 0.05) is 29.2 Å². The molecule has 2 heteroatoms. The van der Waals surface area contributed by atoms with Crippen LogP contribution in [0, 0.1) is 11.3 Å². The molecule has 1 aliphatic rings. The molecule has 0 fully saturated rings. The summed E-state index contributed by atoms with van der Waals surface area (Å²) in [5.74, 6) is 0. The summed E-state index contributed by atoms with van der Waals surface area (Å²) in [6, 6.07) is 40.4. The number of rotatable bonds is 3. The van der Waals surface area contributed by atoms with Crippen LogP contribution in [0.5, 0.6) is 0 Å². The van der Waals surface area contributed by atoms with Gasteiger partial charge in [-0.25, -0.2) is 0 Å². The fraction of sp³-hybridized carbons (Fsp3) is 0.0645. The Bertz CT molecular complexity index is 1510. The molecule has 0 amide bonds. The Kier molecular flexibility index (Phi) is 4.31. The number of aromatic nitrogens is 1. The minimum atomic E-state index is -0.441. The van der Waals surface area contributed by atoms with Crippen LogP contribution in [0.1, 0.15) is 33.5 Å². The average molecular weight is 423 g/mol. The summed E-state index contributed by atoms with van der Waals surface area (Å²) >= 11 is 0. The van der Waals surface area contributed by atoms with Crippen molar-refractivity contribution in [1.29, 1.82) is 5.26 Å². The lowest BCUT2D eigenvalue weighted by atomic mass is 9.73. The number of hydrogen-bond acceptors (Lipinski definition) is 1. The highest BCUT2D eigenvalue weighted by atomic mass is 15.0. The summed E-state index contributed by atoms with van der Waals surface area (Å²) < 4.78 is 2.32. The van der Waals surface area contributed by atoms with E-state index in [0.29, 0.717) is 5.56 Å². The quantitative estimate of drug-likeness (QED) is 0.313. The number of nitrogens with zero attached hydrogens (tertiary/aromatic N) is 2. The molecule has 0 spiro atoms. The topological polar surface area (TPSA) is 28.7 Å². The molecule has 1 aliphatic carbocycles. The zero-order valence-corrected chi connectivity index (χ0v) is 18.4. The van der Waals surface area contributed by atoms with E-state index in [0.717, 1.165) is 10.9 Å². The summed E-state index contributed by atoms with van der Waals surface area (Å²) in [7, 11) is 2.15. The van der Waals surface area contributed by atoms with Crippen molar-refractivity contribution >= 4 is 16.5 Å². The Balaban J connectivity index is 1.82. The van der Waals surface area contributed by atoms with Crippen molar-refractivity contribution in [3.63, 3.8) is 0 Å². The molecule has 5 aromatic rings. The van der Waals surface area contributed by atoms with E-state index in [1.165, 1.54) is 33.5 Å². The molecule has 4 aromatic carbocycles. The van der Waals surface area contributed by atoms with Crippen LogP contribution >= 0.6 is 0 Å². The first-order chi connectivity index (χ1) is 16.2. The molecule has 0 unspecified atom stereocenters. The Hall–Kier alpha value is -4.35. The van der Waals surface area contributed by atoms with Crippen LogP contribution in [-0.2, 0) is 12.5 Å². The molecule has 0 atom stereocenters. The summed E-state index contributed by atoms with van der Waals surface area (Å²) in [6.07, 6.45) is 2.43. The highest BCUT2D eigenvalue weighted by molar-refractivity contribution is 6.04. The molecule has 1 aromatic heterocycles. The summed E-state index contributed by atoms with van der Waals surface area (Å²) in [5.41, 5.74) is 8.68. The number of allylic oxidation sites excluding steroid dienone is 1. The van der Waals surface area contributed by atoms with Gasteiger partial charge in [0.2, 0.25) is 0 Å². The Morgan fingerprint density at radius 3 is 1.88 bits per heavy atom. The van der Waals surface area contributed by atoms with Crippen molar-refractivity contribution in [3.05, 3.63) is 149 Å². The lowest BCUT2D eigenvalue weighted by Gasteiger charge is -2.31. The summed E-state index contributed by atoms with van der Waals surface area (Å²) in [4.78, 5) is 0. The van der Waals surface area contributed by atoms with Crippen molar-refractivity contribution in [2.75, 3.05) is 0 Å². The second kappa shape index (κ2) is 7.36. The summed E-state index contributed by atoms with van der Waals surface area (Å²) in [5, 5.41) is 10.7. The van der Waals surface area contributed by atoms with Crippen LogP contribution < -0.4 is 0 Å². The molecule has 0 saturated carbocycles. The van der Waals surface area contributed by atoms with Crippen LogP contribution in [-0.4, -0.2) is 4.57 Å². The second-order valence-electron chi connectivity index (χ2n) is 8.59. The van der Waals surface area contributed by atoms with Gasteiger partial charge in [-0.2, -0.15) is 5.26 Å². The van der Waals surface area contributed by atoms with Crippen LogP contribution in [0.3, 0.4) is 0 Å². The van der Waals surface area contributed by atoms with Gasteiger partial charge >= 0.3 is 0 Å². The fourth-order valence-electron chi connectivity index (χ4n) is 5.46. The predicted octanol–water partition coefficient (Wildman–Crippen LogP) is 6.83. The van der Waals surface area contributed by atoms with Crippen LogP contribution in [0.15, 0.2) is 115 Å². The van der Waals surface area contributed by atoms with E-state index in [1.807, 2.05) is 12.1 Å². The third-order valence-electron chi connectivity index (χ3n) is 6.88. The standard InChI is InChI=1S/C31H22N2/c1-33-28-18-17-22(21-32)19-26(28)29-27(23-11-5-2-6-12-23)20-31(30(29)33,24-13-7-3-8-14-24)25-15-9-4-10-16-25/h2-20H,1H3. The van der Waals surface area contributed by atoms with Gasteiger partial charge in [-0.05, 0) is 40.5 Å². The van der Waals surface area contributed by atoms with E-state index in [-0.39, 0.29) is 0 Å². The first-order valence-corrected chi connectivity index (χ1v) is 11.2. The molecule has 0 saturated heterocycles. The number of benzene rings is 4. The summed E-state index contributed by atoms with van der Waals surface area (Å²) in [6.45, 7) is 0. The SMILES string of the molecule is Cn1c2c(c3cc(C#N)ccc31)C(c1ccccc1)=CC2(c1ccccc1)c1ccccc1. The van der Waals surface area contributed by atoms with Gasteiger partial charge in [-0.15, -0.1) is 0 Å².